The second-order valence-corrected chi connectivity index (χ2v) is 7.65. The van der Waals surface area contributed by atoms with Crippen molar-refractivity contribution in [1.29, 1.82) is 0 Å². The number of hydrogen-bond acceptors (Lipinski definition) is 8. The number of pyridine rings is 1. The minimum Gasteiger partial charge on any atom is -0.467 e. The number of halogens is 3. The lowest BCUT2D eigenvalue weighted by atomic mass is 10.1. The van der Waals surface area contributed by atoms with Crippen LogP contribution in [0.5, 0.6) is 5.88 Å². The average Bonchev–Trinajstić information content (AvgIpc) is 3.40. The number of alkyl halides is 3. The second-order valence-electron chi connectivity index (χ2n) is 7.65. The van der Waals surface area contributed by atoms with Gasteiger partial charge in [-0.05, 0) is 26.0 Å². The summed E-state index contributed by atoms with van der Waals surface area (Å²) >= 11 is 0. The van der Waals surface area contributed by atoms with Gasteiger partial charge in [-0.3, -0.25) is 9.59 Å². The largest absolute Gasteiger partial charge is 0.467 e. The molecule has 3 aromatic heterocycles. The standard InChI is InChI=1S/C21H19F3N6O4/c1-11-5-16(28-29-19(11)33-9-21(22,23)24)12(2)30-8-15-14(20(30)32)3-4-26-18(15)27-17(31)6-13-7-25-10-34-13/h3-5,7,10,12H,6,8-9H2,1-2H3,(H,26,27,31). The molecule has 1 aliphatic rings. The molecule has 0 saturated carbocycles. The molecule has 2 amide bonds. The number of rotatable bonds is 7. The van der Waals surface area contributed by atoms with Gasteiger partial charge in [-0.2, -0.15) is 13.2 Å². The summed E-state index contributed by atoms with van der Waals surface area (Å²) in [6, 6.07) is 2.53. The number of nitrogens with zero attached hydrogens (tertiary/aromatic N) is 5. The monoisotopic (exact) mass is 476 g/mol. The van der Waals surface area contributed by atoms with Crippen LogP contribution in [0, 0.1) is 6.92 Å². The molecular formula is C21H19F3N6O4. The lowest BCUT2D eigenvalue weighted by molar-refractivity contribution is -0.154. The van der Waals surface area contributed by atoms with E-state index in [4.69, 9.17) is 4.42 Å². The molecule has 0 saturated heterocycles. The maximum Gasteiger partial charge on any atom is 0.422 e. The maximum absolute atomic E-state index is 13.0. The van der Waals surface area contributed by atoms with Gasteiger partial charge in [-0.25, -0.2) is 9.97 Å². The number of fused-ring (bicyclic) bond motifs is 1. The van der Waals surface area contributed by atoms with Crippen molar-refractivity contribution >= 4 is 17.6 Å². The lowest BCUT2D eigenvalue weighted by Crippen LogP contribution is -2.28. The normalized spacial score (nSPS) is 14.1. The van der Waals surface area contributed by atoms with Crippen molar-refractivity contribution in [2.24, 2.45) is 0 Å². The predicted octanol–water partition coefficient (Wildman–Crippen LogP) is 3.01. The first-order chi connectivity index (χ1) is 16.1. The van der Waals surface area contributed by atoms with E-state index in [-0.39, 0.29) is 36.5 Å². The second kappa shape index (κ2) is 9.08. The summed E-state index contributed by atoms with van der Waals surface area (Å²) in [5.41, 5.74) is 1.65. The van der Waals surface area contributed by atoms with Crippen LogP contribution in [0.3, 0.4) is 0 Å². The van der Waals surface area contributed by atoms with Crippen LogP contribution < -0.4 is 10.1 Å². The Hall–Kier alpha value is -4.03. The van der Waals surface area contributed by atoms with Crippen molar-refractivity contribution in [2.45, 2.75) is 39.0 Å². The molecule has 0 fully saturated rings. The summed E-state index contributed by atoms with van der Waals surface area (Å²) in [6.45, 7) is 1.94. The average molecular weight is 476 g/mol. The van der Waals surface area contributed by atoms with E-state index in [1.165, 1.54) is 29.8 Å². The molecule has 1 aliphatic heterocycles. The number of ether oxygens (including phenoxy) is 1. The first-order valence-electron chi connectivity index (χ1n) is 10.1. The maximum atomic E-state index is 13.0. The molecule has 4 rings (SSSR count). The van der Waals surface area contributed by atoms with E-state index in [1.54, 1.807) is 19.9 Å². The Morgan fingerprint density at radius 1 is 1.35 bits per heavy atom. The van der Waals surface area contributed by atoms with Crippen LogP contribution >= 0.6 is 0 Å². The Morgan fingerprint density at radius 3 is 2.82 bits per heavy atom. The first kappa shape index (κ1) is 23.1. The molecule has 178 valence electrons. The summed E-state index contributed by atoms with van der Waals surface area (Å²) in [7, 11) is 0. The molecule has 0 aromatic carbocycles. The van der Waals surface area contributed by atoms with Crippen LogP contribution in [-0.4, -0.2) is 49.7 Å². The zero-order chi connectivity index (χ0) is 24.5. The highest BCUT2D eigenvalue weighted by Gasteiger charge is 2.35. The minimum absolute atomic E-state index is 0.0446. The fourth-order valence-electron chi connectivity index (χ4n) is 3.49. The number of anilines is 1. The van der Waals surface area contributed by atoms with Crippen LogP contribution in [0.25, 0.3) is 0 Å². The Balaban J connectivity index is 1.49. The molecule has 3 aromatic rings. The molecule has 0 aliphatic carbocycles. The van der Waals surface area contributed by atoms with Crippen molar-refractivity contribution < 1.29 is 31.9 Å². The molecule has 0 spiro atoms. The highest BCUT2D eigenvalue weighted by molar-refractivity contribution is 6.01. The van der Waals surface area contributed by atoms with Gasteiger partial charge in [0.1, 0.15) is 11.6 Å². The van der Waals surface area contributed by atoms with Crippen LogP contribution in [0.2, 0.25) is 0 Å². The zero-order valence-electron chi connectivity index (χ0n) is 18.1. The molecule has 10 nitrogen and oxygen atoms in total. The molecule has 1 unspecified atom stereocenters. The molecule has 13 heteroatoms. The van der Waals surface area contributed by atoms with E-state index in [9.17, 15) is 22.8 Å². The molecule has 34 heavy (non-hydrogen) atoms. The SMILES string of the molecule is Cc1cc(C(C)N2Cc3c(ccnc3NC(=O)Cc3cnco3)C2=O)nnc1OCC(F)(F)F. The number of aromatic nitrogens is 4. The zero-order valence-corrected chi connectivity index (χ0v) is 18.1. The van der Waals surface area contributed by atoms with Gasteiger partial charge in [0, 0.05) is 22.9 Å². The number of oxazole rings is 1. The highest BCUT2D eigenvalue weighted by atomic mass is 19.4. The van der Waals surface area contributed by atoms with Crippen molar-refractivity contribution in [2.75, 3.05) is 11.9 Å². The number of hydrogen-bond donors (Lipinski definition) is 1. The van der Waals surface area contributed by atoms with Gasteiger partial charge in [0.2, 0.25) is 11.8 Å². The topological polar surface area (TPSA) is 123 Å². The van der Waals surface area contributed by atoms with Crippen LogP contribution in [0.1, 0.15) is 45.9 Å². The van der Waals surface area contributed by atoms with Crippen molar-refractivity contribution in [3.8, 4) is 5.88 Å². The quantitative estimate of drug-likeness (QED) is 0.552. The molecule has 0 radical (unpaired) electrons. The van der Waals surface area contributed by atoms with Crippen molar-refractivity contribution in [1.82, 2.24) is 25.1 Å². The summed E-state index contributed by atoms with van der Waals surface area (Å²) in [6.07, 6.45) is -0.469. The molecule has 4 heterocycles. The number of amides is 2. The Morgan fingerprint density at radius 2 is 2.15 bits per heavy atom. The van der Waals surface area contributed by atoms with Gasteiger partial charge in [-0.1, -0.05) is 0 Å². The molecule has 1 atom stereocenters. The third-order valence-corrected chi connectivity index (χ3v) is 5.18. The van der Waals surface area contributed by atoms with Crippen LogP contribution in [0.15, 0.2) is 35.3 Å². The lowest BCUT2D eigenvalue weighted by Gasteiger charge is -2.24. The Labute approximate surface area is 191 Å². The number of aryl methyl sites for hydroxylation is 1. The third-order valence-electron chi connectivity index (χ3n) is 5.18. The smallest absolute Gasteiger partial charge is 0.422 e. The van der Waals surface area contributed by atoms with Crippen molar-refractivity contribution in [3.63, 3.8) is 0 Å². The van der Waals surface area contributed by atoms with Gasteiger partial charge in [0.05, 0.1) is 30.9 Å². The van der Waals surface area contributed by atoms with Gasteiger partial charge in [0.25, 0.3) is 5.91 Å². The summed E-state index contributed by atoms with van der Waals surface area (Å²) in [5, 5.41) is 10.4. The first-order valence-corrected chi connectivity index (χ1v) is 10.1. The van der Waals surface area contributed by atoms with Gasteiger partial charge in [0.15, 0.2) is 13.0 Å². The van der Waals surface area contributed by atoms with Crippen molar-refractivity contribution in [3.05, 3.63) is 59.1 Å². The Bertz CT molecular complexity index is 1220. The van der Waals surface area contributed by atoms with E-state index in [0.29, 0.717) is 28.1 Å². The number of nitrogens with one attached hydrogen (secondary N) is 1. The molecule has 0 bridgehead atoms. The highest BCUT2D eigenvalue weighted by Crippen LogP contribution is 2.34. The summed E-state index contributed by atoms with van der Waals surface area (Å²) < 4.78 is 47.0. The Kier molecular flexibility index (Phi) is 6.18. The minimum atomic E-state index is -4.50. The van der Waals surface area contributed by atoms with Gasteiger partial charge in [-0.15, -0.1) is 10.2 Å². The van der Waals surface area contributed by atoms with Gasteiger partial charge < -0.3 is 19.4 Å². The number of carbonyl (C=O) groups is 2. The molecule has 1 N–H and O–H groups in total. The van der Waals surface area contributed by atoms with E-state index in [0.717, 1.165) is 0 Å². The fraction of sp³-hybridized carbons (Fsp3) is 0.333. The van der Waals surface area contributed by atoms with E-state index < -0.39 is 18.8 Å². The van der Waals surface area contributed by atoms with Crippen LogP contribution in [0.4, 0.5) is 19.0 Å². The van der Waals surface area contributed by atoms with E-state index in [2.05, 4.69) is 30.2 Å². The van der Waals surface area contributed by atoms with E-state index in [1.807, 2.05) is 0 Å². The summed E-state index contributed by atoms with van der Waals surface area (Å²) in [4.78, 5) is 34.8. The molecular weight excluding hydrogens is 457 g/mol. The summed E-state index contributed by atoms with van der Waals surface area (Å²) in [5.74, 6) is -0.276. The number of carbonyl (C=O) groups excluding carboxylic acids is 2. The fourth-order valence-corrected chi connectivity index (χ4v) is 3.49. The predicted molar refractivity (Wildman–Crippen MR) is 110 cm³/mol. The van der Waals surface area contributed by atoms with Crippen LogP contribution in [-0.2, 0) is 17.8 Å². The van der Waals surface area contributed by atoms with E-state index >= 15 is 0 Å². The van der Waals surface area contributed by atoms with Gasteiger partial charge >= 0.3 is 6.18 Å². The third kappa shape index (κ3) is 4.97.